The van der Waals surface area contributed by atoms with Gasteiger partial charge in [0, 0.05) is 35.7 Å². The Balaban J connectivity index is 1.66. The first-order valence-electron chi connectivity index (χ1n) is 7.68. The van der Waals surface area contributed by atoms with Gasteiger partial charge in [-0.1, -0.05) is 23.2 Å². The molecule has 3 fully saturated rings. The highest BCUT2D eigenvalue weighted by Gasteiger charge is 2.36. The molecule has 3 nitrogen and oxygen atoms in total. The molecule has 0 atom stereocenters. The van der Waals surface area contributed by atoms with Gasteiger partial charge in [0.05, 0.1) is 10.7 Å². The van der Waals surface area contributed by atoms with Crippen molar-refractivity contribution in [2.75, 3.05) is 13.1 Å². The number of allylic oxidation sites excluding steroid dienone is 1. The summed E-state index contributed by atoms with van der Waals surface area (Å²) in [6.45, 7) is 1.91. The van der Waals surface area contributed by atoms with Crippen molar-refractivity contribution in [2.45, 2.75) is 12.8 Å². The second-order valence-electron chi connectivity index (χ2n) is 5.98. The number of Topliss-reactive ketones (excluding diaryl/α,β-unsaturated/α-hetero) is 1. The molecule has 0 unspecified atom stereocenters. The van der Waals surface area contributed by atoms with E-state index in [0.29, 0.717) is 21.6 Å². The maximum atomic E-state index is 12.4. The highest BCUT2D eigenvalue weighted by molar-refractivity contribution is 6.36. The molecule has 5 heteroatoms. The molecular weight excluding hydrogens is 333 g/mol. The Bertz CT molecular complexity index is 801. The molecule has 118 valence electrons. The highest BCUT2D eigenvalue weighted by atomic mass is 35.5. The van der Waals surface area contributed by atoms with Crippen molar-refractivity contribution < 1.29 is 9.21 Å². The molecule has 3 aliphatic heterocycles. The molecule has 0 N–H and O–H groups in total. The third-order valence-corrected chi connectivity index (χ3v) is 5.11. The Labute approximate surface area is 144 Å². The van der Waals surface area contributed by atoms with E-state index >= 15 is 0 Å². The van der Waals surface area contributed by atoms with Crippen molar-refractivity contribution in [3.63, 3.8) is 0 Å². The summed E-state index contributed by atoms with van der Waals surface area (Å²) in [5.74, 6) is 1.76. The van der Waals surface area contributed by atoms with E-state index in [4.69, 9.17) is 27.6 Å². The molecular formula is C18H15Cl2NO2. The van der Waals surface area contributed by atoms with Crippen molar-refractivity contribution in [1.29, 1.82) is 0 Å². The van der Waals surface area contributed by atoms with Crippen LogP contribution < -0.4 is 0 Å². The van der Waals surface area contributed by atoms with Crippen LogP contribution in [0.3, 0.4) is 0 Å². The molecule has 0 amide bonds. The summed E-state index contributed by atoms with van der Waals surface area (Å²) >= 11 is 12.1. The molecule has 2 aromatic rings. The lowest BCUT2D eigenvalue weighted by Crippen LogP contribution is -2.45. The normalized spacial score (nSPS) is 19.8. The number of ketones is 1. The second-order valence-corrected chi connectivity index (χ2v) is 6.82. The Morgan fingerprint density at radius 1 is 1.13 bits per heavy atom. The van der Waals surface area contributed by atoms with Gasteiger partial charge in [-0.2, -0.15) is 0 Å². The maximum absolute atomic E-state index is 12.4. The first-order valence-corrected chi connectivity index (χ1v) is 8.43. The van der Waals surface area contributed by atoms with Crippen LogP contribution in [0.1, 0.15) is 18.6 Å². The van der Waals surface area contributed by atoms with Gasteiger partial charge in [-0.05, 0) is 43.2 Å². The average Bonchev–Trinajstić information content (AvgIpc) is 2.99. The molecule has 1 aromatic carbocycles. The Kier molecular flexibility index (Phi) is 3.70. The summed E-state index contributed by atoms with van der Waals surface area (Å²) in [5, 5.41) is 1.13. The molecule has 0 saturated carbocycles. The number of carbonyl (C=O) groups is 1. The number of furan rings is 1. The van der Waals surface area contributed by atoms with Crippen LogP contribution in [0.15, 0.2) is 40.4 Å². The van der Waals surface area contributed by atoms with Gasteiger partial charge in [0.2, 0.25) is 0 Å². The molecule has 23 heavy (non-hydrogen) atoms. The van der Waals surface area contributed by atoms with Crippen molar-refractivity contribution in [1.82, 2.24) is 4.90 Å². The monoisotopic (exact) mass is 347 g/mol. The lowest BCUT2D eigenvalue weighted by molar-refractivity contribution is -0.125. The molecule has 0 radical (unpaired) electrons. The minimum atomic E-state index is 0.186. The fourth-order valence-corrected chi connectivity index (χ4v) is 3.81. The Hall–Kier alpha value is -1.71. The van der Waals surface area contributed by atoms with Crippen LogP contribution in [0.2, 0.25) is 10.0 Å². The van der Waals surface area contributed by atoms with Gasteiger partial charge in [-0.25, -0.2) is 0 Å². The Morgan fingerprint density at radius 2 is 1.91 bits per heavy atom. The van der Waals surface area contributed by atoms with E-state index < -0.39 is 0 Å². The largest absolute Gasteiger partial charge is 0.457 e. The second kappa shape index (κ2) is 5.73. The van der Waals surface area contributed by atoms with Crippen LogP contribution in [-0.2, 0) is 4.79 Å². The smallest absolute Gasteiger partial charge is 0.182 e. The first-order chi connectivity index (χ1) is 11.1. The zero-order valence-corrected chi connectivity index (χ0v) is 13.9. The van der Waals surface area contributed by atoms with Crippen molar-refractivity contribution in [3.8, 4) is 11.3 Å². The van der Waals surface area contributed by atoms with Gasteiger partial charge in [0.15, 0.2) is 5.78 Å². The number of benzene rings is 1. The molecule has 0 spiro atoms. The minimum Gasteiger partial charge on any atom is -0.457 e. The Morgan fingerprint density at radius 3 is 2.61 bits per heavy atom. The standard InChI is InChI=1S/C18H15Cl2NO2/c19-12-1-3-14(15(20)9-12)17-4-2-13(23-17)10-16-18(22)11-5-7-21(16)8-6-11/h1-4,9-11H,5-8H2/b16-10+. The van der Waals surface area contributed by atoms with Crippen LogP contribution in [0.5, 0.6) is 0 Å². The summed E-state index contributed by atoms with van der Waals surface area (Å²) < 4.78 is 5.87. The van der Waals surface area contributed by atoms with Gasteiger partial charge in [0.25, 0.3) is 0 Å². The number of rotatable bonds is 2. The van der Waals surface area contributed by atoms with Crippen LogP contribution in [-0.4, -0.2) is 23.8 Å². The summed E-state index contributed by atoms with van der Waals surface area (Å²) in [6, 6.07) is 9.02. The molecule has 1 aromatic heterocycles. The number of hydrogen-bond acceptors (Lipinski definition) is 3. The minimum absolute atomic E-state index is 0.186. The number of carbonyl (C=O) groups excluding carboxylic acids is 1. The predicted octanol–water partition coefficient (Wildman–Crippen LogP) is 4.89. The van der Waals surface area contributed by atoms with Gasteiger partial charge >= 0.3 is 0 Å². The third-order valence-electron chi connectivity index (χ3n) is 4.56. The van der Waals surface area contributed by atoms with Gasteiger partial charge < -0.3 is 9.32 Å². The maximum Gasteiger partial charge on any atom is 0.182 e. The van der Waals surface area contributed by atoms with E-state index in [1.165, 1.54) is 0 Å². The van der Waals surface area contributed by atoms with Crippen LogP contribution in [0, 0.1) is 5.92 Å². The van der Waals surface area contributed by atoms with Gasteiger partial charge in [-0.3, -0.25) is 4.79 Å². The fourth-order valence-electron chi connectivity index (χ4n) is 3.31. The average molecular weight is 348 g/mol. The van der Waals surface area contributed by atoms with Crippen LogP contribution >= 0.6 is 23.2 Å². The number of hydrogen-bond donors (Lipinski definition) is 0. The summed E-state index contributed by atoms with van der Waals surface area (Å²) in [7, 11) is 0. The third kappa shape index (κ3) is 2.68. The van der Waals surface area contributed by atoms with E-state index in [1.807, 2.05) is 24.3 Å². The molecule has 3 saturated heterocycles. The molecule has 2 bridgehead atoms. The topological polar surface area (TPSA) is 33.5 Å². The van der Waals surface area contributed by atoms with Crippen molar-refractivity contribution >= 4 is 35.1 Å². The van der Waals surface area contributed by atoms with E-state index in [-0.39, 0.29) is 11.7 Å². The number of halogens is 2. The van der Waals surface area contributed by atoms with Crippen LogP contribution in [0.4, 0.5) is 0 Å². The molecule has 4 heterocycles. The van der Waals surface area contributed by atoms with Crippen molar-refractivity contribution in [2.24, 2.45) is 5.92 Å². The highest BCUT2D eigenvalue weighted by Crippen LogP contribution is 2.35. The van der Waals surface area contributed by atoms with Crippen molar-refractivity contribution in [3.05, 3.63) is 51.8 Å². The fraction of sp³-hybridized carbons (Fsp3) is 0.278. The lowest BCUT2D eigenvalue weighted by Gasteiger charge is -2.40. The number of piperidine rings is 3. The first kappa shape index (κ1) is 14.9. The molecule has 3 aliphatic rings. The van der Waals surface area contributed by atoms with Gasteiger partial charge in [0.1, 0.15) is 11.5 Å². The van der Waals surface area contributed by atoms with E-state index in [2.05, 4.69) is 4.90 Å². The SMILES string of the molecule is O=C1/C(=C\c2ccc(-c3ccc(Cl)cc3Cl)o2)N2CCC1CC2. The molecule has 5 rings (SSSR count). The van der Waals surface area contributed by atoms with Gasteiger partial charge in [-0.15, -0.1) is 0 Å². The van der Waals surface area contributed by atoms with E-state index in [9.17, 15) is 4.79 Å². The summed E-state index contributed by atoms with van der Waals surface area (Å²) in [5.41, 5.74) is 1.56. The lowest BCUT2D eigenvalue weighted by atomic mass is 9.84. The summed E-state index contributed by atoms with van der Waals surface area (Å²) in [4.78, 5) is 14.5. The van der Waals surface area contributed by atoms with Crippen LogP contribution in [0.25, 0.3) is 17.4 Å². The van der Waals surface area contributed by atoms with E-state index in [1.54, 1.807) is 12.1 Å². The quantitative estimate of drug-likeness (QED) is 0.725. The summed E-state index contributed by atoms with van der Waals surface area (Å²) in [6.07, 6.45) is 3.79. The number of nitrogens with zero attached hydrogens (tertiary/aromatic N) is 1. The number of fused-ring (bicyclic) bond motifs is 3. The van der Waals surface area contributed by atoms with E-state index in [0.717, 1.165) is 37.2 Å². The molecule has 0 aliphatic carbocycles. The zero-order valence-electron chi connectivity index (χ0n) is 12.4. The zero-order chi connectivity index (χ0) is 16.0. The predicted molar refractivity (Wildman–Crippen MR) is 91.4 cm³/mol.